The number of halogens is 1. The van der Waals surface area contributed by atoms with E-state index in [4.69, 9.17) is 11.5 Å². The van der Waals surface area contributed by atoms with Crippen LogP contribution in [-0.2, 0) is 6.54 Å². The van der Waals surface area contributed by atoms with Crippen LogP contribution in [0.1, 0.15) is 15.9 Å². The minimum absolute atomic E-state index is 0.00716. The van der Waals surface area contributed by atoms with Crippen LogP contribution in [0, 0.1) is 5.82 Å². The molecule has 0 aliphatic rings. The first-order valence-corrected chi connectivity index (χ1v) is 9.10. The van der Waals surface area contributed by atoms with E-state index < -0.39 is 5.82 Å². The third-order valence-electron chi connectivity index (χ3n) is 4.81. The fraction of sp³-hybridized carbons (Fsp3) is 0.0435. The van der Waals surface area contributed by atoms with E-state index in [1.54, 1.807) is 24.4 Å². The molecule has 5 nitrogen and oxygen atoms in total. The lowest BCUT2D eigenvalue weighted by molar-refractivity contribution is 0.102. The summed E-state index contributed by atoms with van der Waals surface area (Å²) in [7, 11) is 0. The summed E-state index contributed by atoms with van der Waals surface area (Å²) in [6.07, 6.45) is 3.19. The lowest BCUT2D eigenvalue weighted by atomic mass is 10.00. The molecule has 0 saturated carbocycles. The lowest BCUT2D eigenvalue weighted by Crippen LogP contribution is -2.14. The summed E-state index contributed by atoms with van der Waals surface area (Å²) in [4.78, 5) is 17.1. The highest BCUT2D eigenvalue weighted by molar-refractivity contribution is 6.13. The van der Waals surface area contributed by atoms with E-state index in [9.17, 15) is 9.18 Å². The maximum absolute atomic E-state index is 14.9. The zero-order valence-electron chi connectivity index (χ0n) is 15.5. The van der Waals surface area contributed by atoms with Crippen LogP contribution in [0.3, 0.4) is 0 Å². The van der Waals surface area contributed by atoms with Crippen molar-refractivity contribution in [1.82, 2.24) is 4.98 Å². The number of nitrogens with one attached hydrogen (secondary N) is 1. The summed E-state index contributed by atoms with van der Waals surface area (Å²) in [5.74, 6) is -0.961. The maximum Gasteiger partial charge on any atom is 0.257 e. The highest BCUT2D eigenvalue weighted by Crippen LogP contribution is 2.34. The average molecular weight is 386 g/mol. The van der Waals surface area contributed by atoms with Crippen molar-refractivity contribution in [2.75, 3.05) is 11.1 Å². The molecule has 4 rings (SSSR count). The number of anilines is 2. The topological polar surface area (TPSA) is 94.0 Å². The molecule has 0 unspecified atom stereocenters. The molecular weight excluding hydrogens is 367 g/mol. The average Bonchev–Trinajstić information content (AvgIpc) is 2.76. The number of carbonyl (C=O) groups is 1. The minimum atomic E-state index is -0.584. The lowest BCUT2D eigenvalue weighted by Gasteiger charge is -2.15. The molecule has 4 aromatic rings. The van der Waals surface area contributed by atoms with Crippen LogP contribution in [0.4, 0.5) is 15.8 Å². The number of hydrogen-bond acceptors (Lipinski definition) is 4. The molecule has 0 bridgehead atoms. The van der Waals surface area contributed by atoms with Crippen molar-refractivity contribution in [3.05, 3.63) is 90.0 Å². The van der Waals surface area contributed by atoms with Gasteiger partial charge in [-0.25, -0.2) is 4.39 Å². The van der Waals surface area contributed by atoms with Crippen LogP contribution in [0.5, 0.6) is 0 Å². The Balaban J connectivity index is 1.77. The molecule has 29 heavy (non-hydrogen) atoms. The first kappa shape index (κ1) is 18.6. The number of hydrogen-bond donors (Lipinski definition) is 3. The number of nitrogen functional groups attached to an aromatic ring is 1. The van der Waals surface area contributed by atoms with Crippen molar-refractivity contribution in [2.24, 2.45) is 5.73 Å². The molecule has 1 heterocycles. The van der Waals surface area contributed by atoms with E-state index in [2.05, 4.69) is 10.3 Å². The van der Waals surface area contributed by atoms with Crippen molar-refractivity contribution in [3.63, 3.8) is 0 Å². The number of pyridine rings is 1. The first-order chi connectivity index (χ1) is 14.1. The van der Waals surface area contributed by atoms with Gasteiger partial charge < -0.3 is 16.8 Å². The third-order valence-corrected chi connectivity index (χ3v) is 4.81. The van der Waals surface area contributed by atoms with Gasteiger partial charge in [-0.2, -0.15) is 0 Å². The Bertz CT molecular complexity index is 1200. The van der Waals surface area contributed by atoms with Gasteiger partial charge in [0.1, 0.15) is 0 Å². The summed E-state index contributed by atoms with van der Waals surface area (Å²) in [6, 6.07) is 17.6. The Morgan fingerprint density at radius 1 is 1.00 bits per heavy atom. The molecule has 5 N–H and O–H groups in total. The molecule has 6 heteroatoms. The number of rotatable bonds is 4. The van der Waals surface area contributed by atoms with Crippen molar-refractivity contribution in [3.8, 4) is 11.1 Å². The van der Waals surface area contributed by atoms with Crippen molar-refractivity contribution in [2.45, 2.75) is 6.54 Å². The van der Waals surface area contributed by atoms with E-state index in [1.807, 2.05) is 36.4 Å². The highest BCUT2D eigenvalue weighted by atomic mass is 19.1. The Hall–Kier alpha value is -3.77. The number of fused-ring (bicyclic) bond motifs is 1. The maximum atomic E-state index is 14.9. The van der Waals surface area contributed by atoms with Crippen LogP contribution in [0.15, 0.2) is 73.1 Å². The Kier molecular flexibility index (Phi) is 4.93. The molecule has 0 atom stereocenters. The molecule has 1 amide bonds. The fourth-order valence-electron chi connectivity index (χ4n) is 3.27. The fourth-order valence-corrected chi connectivity index (χ4v) is 3.27. The first-order valence-electron chi connectivity index (χ1n) is 9.10. The van der Waals surface area contributed by atoms with E-state index in [0.717, 1.165) is 16.3 Å². The summed E-state index contributed by atoms with van der Waals surface area (Å²) in [5, 5.41) is 4.43. The van der Waals surface area contributed by atoms with Crippen molar-refractivity contribution >= 4 is 28.1 Å². The van der Waals surface area contributed by atoms with Crippen LogP contribution < -0.4 is 16.8 Å². The van der Waals surface area contributed by atoms with E-state index in [1.165, 1.54) is 12.3 Å². The number of benzene rings is 3. The minimum Gasteiger partial charge on any atom is -0.396 e. The number of nitrogens with zero attached hydrogens (tertiary/aromatic N) is 1. The summed E-state index contributed by atoms with van der Waals surface area (Å²) < 4.78 is 14.9. The van der Waals surface area contributed by atoms with E-state index in [-0.39, 0.29) is 17.2 Å². The molecule has 0 radical (unpaired) electrons. The Labute approximate surface area is 167 Å². The van der Waals surface area contributed by atoms with Crippen molar-refractivity contribution < 1.29 is 9.18 Å². The third kappa shape index (κ3) is 3.53. The molecular formula is C23H19FN4O. The van der Waals surface area contributed by atoms with Crippen molar-refractivity contribution in [1.29, 1.82) is 0 Å². The SMILES string of the molecule is NCc1ccc(-c2c(NC(=O)c3cncc4ccccc34)ccc(N)c2F)cc1. The quantitative estimate of drug-likeness (QED) is 0.455. The van der Waals surface area contributed by atoms with E-state index in [0.29, 0.717) is 23.4 Å². The van der Waals surface area contributed by atoms with Crippen LogP contribution >= 0.6 is 0 Å². The van der Waals surface area contributed by atoms with Gasteiger partial charge in [-0.3, -0.25) is 9.78 Å². The molecule has 3 aromatic carbocycles. The number of amides is 1. The second-order valence-corrected chi connectivity index (χ2v) is 6.65. The second kappa shape index (κ2) is 7.69. The molecule has 1 aromatic heterocycles. The van der Waals surface area contributed by atoms with Gasteiger partial charge in [0.05, 0.1) is 16.9 Å². The van der Waals surface area contributed by atoms with Crippen LogP contribution in [0.25, 0.3) is 21.9 Å². The molecule has 0 saturated heterocycles. The molecule has 0 fully saturated rings. The molecule has 0 spiro atoms. The summed E-state index contributed by atoms with van der Waals surface area (Å²) in [5.41, 5.74) is 13.9. The molecule has 0 aliphatic heterocycles. The molecule has 0 aliphatic carbocycles. The van der Waals surface area contributed by atoms with Crippen LogP contribution in [-0.4, -0.2) is 10.9 Å². The largest absolute Gasteiger partial charge is 0.396 e. The Morgan fingerprint density at radius 2 is 1.76 bits per heavy atom. The van der Waals surface area contributed by atoms with Gasteiger partial charge in [0.2, 0.25) is 0 Å². The zero-order chi connectivity index (χ0) is 20.4. The predicted octanol–water partition coefficient (Wildman–Crippen LogP) is 4.33. The van der Waals surface area contributed by atoms with Gasteiger partial charge in [-0.15, -0.1) is 0 Å². The van der Waals surface area contributed by atoms with E-state index >= 15 is 0 Å². The highest BCUT2D eigenvalue weighted by Gasteiger charge is 2.18. The summed E-state index contributed by atoms with van der Waals surface area (Å²) in [6.45, 7) is 0.386. The number of nitrogens with two attached hydrogens (primary N) is 2. The van der Waals surface area contributed by atoms with Gasteiger partial charge >= 0.3 is 0 Å². The van der Waals surface area contributed by atoms with Gasteiger partial charge in [0, 0.05) is 29.9 Å². The predicted molar refractivity (Wildman–Crippen MR) is 114 cm³/mol. The zero-order valence-corrected chi connectivity index (χ0v) is 15.5. The number of carbonyl (C=O) groups excluding carboxylic acids is 1. The van der Waals surface area contributed by atoms with Gasteiger partial charge in [0.25, 0.3) is 5.91 Å². The second-order valence-electron chi connectivity index (χ2n) is 6.65. The van der Waals surface area contributed by atoms with Gasteiger partial charge in [0.15, 0.2) is 5.82 Å². The Morgan fingerprint density at radius 3 is 2.52 bits per heavy atom. The monoisotopic (exact) mass is 386 g/mol. The van der Waals surface area contributed by atoms with Gasteiger partial charge in [-0.05, 0) is 28.6 Å². The summed E-state index contributed by atoms with van der Waals surface area (Å²) >= 11 is 0. The van der Waals surface area contributed by atoms with Crippen LogP contribution in [0.2, 0.25) is 0 Å². The number of aromatic nitrogens is 1. The molecule has 144 valence electrons. The smallest absolute Gasteiger partial charge is 0.257 e. The van der Waals surface area contributed by atoms with Gasteiger partial charge in [-0.1, -0.05) is 48.5 Å². The normalized spacial score (nSPS) is 10.8. The standard InChI is InChI=1S/C23H19FN4O/c24-22-19(26)9-10-20(21(22)15-7-5-14(11-25)6-8-15)28-23(29)18-13-27-12-16-3-1-2-4-17(16)18/h1-10,12-13H,11,25-26H2,(H,28,29).